The van der Waals surface area contributed by atoms with Gasteiger partial charge in [0.25, 0.3) is 0 Å². The van der Waals surface area contributed by atoms with Crippen molar-refractivity contribution in [2.75, 3.05) is 0 Å². The number of furan rings is 1. The van der Waals surface area contributed by atoms with E-state index in [9.17, 15) is 9.90 Å². The van der Waals surface area contributed by atoms with Crippen LogP contribution in [0.25, 0.3) is 0 Å². The fraction of sp³-hybridized carbons (Fsp3) is 0.312. The summed E-state index contributed by atoms with van der Waals surface area (Å²) in [6.07, 6.45) is 4.06. The van der Waals surface area contributed by atoms with Crippen LogP contribution in [0, 0.1) is 0 Å². The Morgan fingerprint density at radius 3 is 2.80 bits per heavy atom. The van der Waals surface area contributed by atoms with E-state index < -0.39 is 0 Å². The normalized spacial score (nSPS) is 14.2. The van der Waals surface area contributed by atoms with Crippen LogP contribution >= 0.6 is 0 Å². The van der Waals surface area contributed by atoms with Gasteiger partial charge in [-0.05, 0) is 42.7 Å². The highest BCUT2D eigenvalue weighted by Crippen LogP contribution is 2.29. The van der Waals surface area contributed by atoms with E-state index in [4.69, 9.17) is 4.42 Å². The van der Waals surface area contributed by atoms with E-state index >= 15 is 0 Å². The van der Waals surface area contributed by atoms with E-state index in [2.05, 4.69) is 0 Å². The Balaban J connectivity index is 1.69. The first kappa shape index (κ1) is 12.8. The third-order valence-electron chi connectivity index (χ3n) is 3.48. The molecule has 0 unspecified atom stereocenters. The lowest BCUT2D eigenvalue weighted by Crippen LogP contribution is -2.33. The lowest BCUT2D eigenvalue weighted by molar-refractivity contribution is -0.131. The molecule has 1 fully saturated rings. The highest BCUT2D eigenvalue weighted by Gasteiger charge is 2.32. The van der Waals surface area contributed by atoms with Gasteiger partial charge >= 0.3 is 0 Å². The molecule has 1 aromatic carbocycles. The number of aromatic hydroxyl groups is 1. The van der Waals surface area contributed by atoms with Crippen molar-refractivity contribution in [2.24, 2.45) is 0 Å². The van der Waals surface area contributed by atoms with Gasteiger partial charge < -0.3 is 14.4 Å². The zero-order valence-electron chi connectivity index (χ0n) is 11.2. The van der Waals surface area contributed by atoms with Crippen LogP contribution < -0.4 is 0 Å². The van der Waals surface area contributed by atoms with Gasteiger partial charge in [0, 0.05) is 6.04 Å². The van der Waals surface area contributed by atoms with E-state index in [-0.39, 0.29) is 11.7 Å². The summed E-state index contributed by atoms with van der Waals surface area (Å²) in [7, 11) is 0. The van der Waals surface area contributed by atoms with Crippen LogP contribution in [0.2, 0.25) is 0 Å². The van der Waals surface area contributed by atoms with Crippen LogP contribution in [0.4, 0.5) is 0 Å². The average Bonchev–Trinajstić information content (AvgIpc) is 3.12. The predicted molar refractivity (Wildman–Crippen MR) is 74.1 cm³/mol. The molecule has 0 bridgehead atoms. The summed E-state index contributed by atoms with van der Waals surface area (Å²) >= 11 is 0. The van der Waals surface area contributed by atoms with Crippen molar-refractivity contribution in [3.8, 4) is 5.75 Å². The lowest BCUT2D eigenvalue weighted by Gasteiger charge is -2.21. The number of phenolic OH excluding ortho intramolecular Hbond substituents is 1. The first-order valence-corrected chi connectivity index (χ1v) is 6.82. The van der Waals surface area contributed by atoms with E-state index in [0.717, 1.165) is 24.2 Å². The van der Waals surface area contributed by atoms with Crippen molar-refractivity contribution in [1.29, 1.82) is 0 Å². The van der Waals surface area contributed by atoms with Crippen molar-refractivity contribution in [3.63, 3.8) is 0 Å². The molecule has 104 valence electrons. The van der Waals surface area contributed by atoms with Crippen LogP contribution in [0.15, 0.2) is 47.1 Å². The molecule has 0 aliphatic heterocycles. The number of rotatable bonds is 5. The molecule has 0 radical (unpaired) electrons. The molecule has 1 saturated carbocycles. The van der Waals surface area contributed by atoms with Crippen molar-refractivity contribution in [3.05, 3.63) is 54.0 Å². The number of hydrogen-bond donors (Lipinski definition) is 1. The largest absolute Gasteiger partial charge is 0.508 e. The minimum atomic E-state index is 0.0782. The minimum absolute atomic E-state index is 0.0782. The zero-order valence-corrected chi connectivity index (χ0v) is 11.2. The number of nitrogens with zero attached hydrogens (tertiary/aromatic N) is 1. The molecule has 1 aliphatic rings. The molecule has 20 heavy (non-hydrogen) atoms. The fourth-order valence-corrected chi connectivity index (χ4v) is 2.32. The van der Waals surface area contributed by atoms with Gasteiger partial charge in [-0.2, -0.15) is 0 Å². The second-order valence-electron chi connectivity index (χ2n) is 5.18. The molecule has 2 aromatic rings. The Morgan fingerprint density at radius 1 is 1.30 bits per heavy atom. The summed E-state index contributed by atoms with van der Waals surface area (Å²) in [4.78, 5) is 14.3. The Labute approximate surface area is 117 Å². The Kier molecular flexibility index (Phi) is 3.46. The summed E-state index contributed by atoms with van der Waals surface area (Å²) in [5.74, 6) is 1.08. The Bertz CT molecular complexity index is 588. The molecule has 0 atom stereocenters. The van der Waals surface area contributed by atoms with Gasteiger partial charge in [0.2, 0.25) is 5.91 Å². The van der Waals surface area contributed by atoms with Gasteiger partial charge in [-0.25, -0.2) is 0 Å². The second-order valence-corrected chi connectivity index (χ2v) is 5.18. The van der Waals surface area contributed by atoms with Crippen LogP contribution in [0.3, 0.4) is 0 Å². The van der Waals surface area contributed by atoms with E-state index in [1.165, 1.54) is 0 Å². The van der Waals surface area contributed by atoms with Gasteiger partial charge in [-0.3, -0.25) is 4.79 Å². The van der Waals surface area contributed by atoms with Crippen molar-refractivity contribution in [2.45, 2.75) is 31.8 Å². The molecule has 1 heterocycles. The molecule has 4 nitrogen and oxygen atoms in total. The fourth-order valence-electron chi connectivity index (χ4n) is 2.32. The minimum Gasteiger partial charge on any atom is -0.508 e. The maximum atomic E-state index is 12.4. The standard InChI is InChI=1S/C16H17NO3/c18-14-4-1-3-12(9-14)10-16(19)17(13-6-7-13)11-15-5-2-8-20-15/h1-5,8-9,13,18H,6-7,10-11H2. The molecule has 1 N–H and O–H groups in total. The number of phenols is 1. The number of carbonyl (C=O) groups excluding carboxylic acids is 1. The van der Waals surface area contributed by atoms with Gasteiger partial charge in [0.05, 0.1) is 19.2 Å². The molecule has 1 aromatic heterocycles. The number of carbonyl (C=O) groups is 1. The van der Waals surface area contributed by atoms with Crippen molar-refractivity contribution < 1.29 is 14.3 Å². The van der Waals surface area contributed by atoms with Gasteiger partial charge in [0.15, 0.2) is 0 Å². The highest BCUT2D eigenvalue weighted by atomic mass is 16.3. The molecular formula is C16H17NO3. The van der Waals surface area contributed by atoms with Crippen LogP contribution in [-0.4, -0.2) is 22.0 Å². The Morgan fingerprint density at radius 2 is 2.15 bits per heavy atom. The lowest BCUT2D eigenvalue weighted by atomic mass is 10.1. The molecule has 0 saturated heterocycles. The first-order valence-electron chi connectivity index (χ1n) is 6.82. The topological polar surface area (TPSA) is 53.7 Å². The number of benzene rings is 1. The quantitative estimate of drug-likeness (QED) is 0.909. The summed E-state index contributed by atoms with van der Waals surface area (Å²) in [5, 5.41) is 9.45. The molecule has 1 aliphatic carbocycles. The monoisotopic (exact) mass is 271 g/mol. The summed E-state index contributed by atoms with van der Waals surface area (Å²) in [6.45, 7) is 0.523. The smallest absolute Gasteiger partial charge is 0.227 e. The summed E-state index contributed by atoms with van der Waals surface area (Å²) < 4.78 is 5.33. The predicted octanol–water partition coefficient (Wildman–Crippen LogP) is 2.72. The third-order valence-corrected chi connectivity index (χ3v) is 3.48. The van der Waals surface area contributed by atoms with Crippen LogP contribution in [0.5, 0.6) is 5.75 Å². The molecule has 1 amide bonds. The third kappa shape index (κ3) is 3.02. The summed E-state index contributed by atoms with van der Waals surface area (Å²) in [6, 6.07) is 10.9. The van der Waals surface area contributed by atoms with Crippen LogP contribution in [0.1, 0.15) is 24.2 Å². The maximum absolute atomic E-state index is 12.4. The van der Waals surface area contributed by atoms with Gasteiger partial charge in [-0.15, -0.1) is 0 Å². The summed E-state index contributed by atoms with van der Waals surface area (Å²) in [5.41, 5.74) is 0.833. The molecular weight excluding hydrogens is 254 g/mol. The zero-order chi connectivity index (χ0) is 13.9. The van der Waals surface area contributed by atoms with E-state index in [1.54, 1.807) is 24.5 Å². The van der Waals surface area contributed by atoms with Gasteiger partial charge in [-0.1, -0.05) is 12.1 Å². The van der Waals surface area contributed by atoms with Crippen molar-refractivity contribution >= 4 is 5.91 Å². The highest BCUT2D eigenvalue weighted by molar-refractivity contribution is 5.79. The molecule has 0 spiro atoms. The average molecular weight is 271 g/mol. The van der Waals surface area contributed by atoms with E-state index in [1.807, 2.05) is 23.1 Å². The van der Waals surface area contributed by atoms with Crippen molar-refractivity contribution in [1.82, 2.24) is 4.90 Å². The van der Waals surface area contributed by atoms with Crippen LogP contribution in [-0.2, 0) is 17.8 Å². The molecule has 4 heteroatoms. The molecule has 3 rings (SSSR count). The number of amides is 1. The first-order chi connectivity index (χ1) is 9.72. The second kappa shape index (κ2) is 5.41. The van der Waals surface area contributed by atoms with Gasteiger partial charge in [0.1, 0.15) is 11.5 Å². The Hall–Kier alpha value is -2.23. The number of hydrogen-bond acceptors (Lipinski definition) is 3. The SMILES string of the molecule is O=C(Cc1cccc(O)c1)N(Cc1ccco1)C1CC1. The maximum Gasteiger partial charge on any atom is 0.227 e. The van der Waals surface area contributed by atoms with E-state index in [0.29, 0.717) is 19.0 Å².